The van der Waals surface area contributed by atoms with E-state index in [1.54, 1.807) is 19.1 Å². The van der Waals surface area contributed by atoms with Crippen molar-refractivity contribution in [2.45, 2.75) is 11.8 Å². The third kappa shape index (κ3) is 3.16. The predicted molar refractivity (Wildman–Crippen MR) is 72.0 cm³/mol. The molecule has 2 aromatic rings. The summed E-state index contributed by atoms with van der Waals surface area (Å²) in [5, 5.41) is 10.8. The normalized spacial score (nSPS) is 11.1. The number of para-hydroxylation sites is 1. The highest BCUT2D eigenvalue weighted by Crippen LogP contribution is 2.31. The van der Waals surface area contributed by atoms with Crippen molar-refractivity contribution in [3.63, 3.8) is 0 Å². The Labute approximate surface area is 120 Å². The van der Waals surface area contributed by atoms with Gasteiger partial charge >= 0.3 is 15.8 Å². The Balaban J connectivity index is 2.44. The van der Waals surface area contributed by atoms with Crippen LogP contribution in [0.25, 0.3) is 0 Å². The number of hydrogen-bond donors (Lipinski definition) is 0. The summed E-state index contributed by atoms with van der Waals surface area (Å²) in [7, 11) is -4.27. The maximum absolute atomic E-state index is 13.4. The van der Waals surface area contributed by atoms with E-state index in [2.05, 4.69) is 0 Å². The van der Waals surface area contributed by atoms with E-state index in [1.807, 2.05) is 0 Å². The van der Waals surface area contributed by atoms with E-state index in [-0.39, 0.29) is 4.90 Å². The second-order valence-corrected chi connectivity index (χ2v) is 5.74. The molecule has 0 unspecified atom stereocenters. The molecule has 6 nitrogen and oxygen atoms in total. The molecule has 0 fully saturated rings. The van der Waals surface area contributed by atoms with Gasteiger partial charge in [0.2, 0.25) is 11.6 Å². The largest absolute Gasteiger partial charge is 0.371 e. The fraction of sp³-hybridized carbons (Fsp3) is 0.0769. The van der Waals surface area contributed by atoms with Crippen molar-refractivity contribution in [1.29, 1.82) is 0 Å². The van der Waals surface area contributed by atoms with Crippen LogP contribution in [-0.4, -0.2) is 13.3 Å². The molecule has 0 aromatic heterocycles. The summed E-state index contributed by atoms with van der Waals surface area (Å²) in [5.41, 5.74) is -0.182. The Hall–Kier alpha value is -2.48. The first kappa shape index (κ1) is 14.9. The zero-order valence-electron chi connectivity index (χ0n) is 10.8. The van der Waals surface area contributed by atoms with Gasteiger partial charge in [-0.2, -0.15) is 12.8 Å². The van der Waals surface area contributed by atoms with Crippen LogP contribution in [0, 0.1) is 22.9 Å². The van der Waals surface area contributed by atoms with Crippen LogP contribution in [0.2, 0.25) is 0 Å². The molecular formula is C13H10FNO5S. The SMILES string of the molecule is Cc1ccc(S(=O)(=O)Oc2cccc(F)c2[N+](=O)[O-])cc1. The van der Waals surface area contributed by atoms with E-state index in [0.717, 1.165) is 23.8 Å². The number of aryl methyl sites for hydroxylation is 1. The number of nitro groups is 1. The molecule has 0 atom stereocenters. The zero-order valence-corrected chi connectivity index (χ0v) is 11.6. The molecule has 0 amide bonds. The van der Waals surface area contributed by atoms with Crippen LogP contribution in [0.3, 0.4) is 0 Å². The van der Waals surface area contributed by atoms with Crippen LogP contribution in [-0.2, 0) is 10.1 Å². The average molecular weight is 311 g/mol. The fourth-order valence-electron chi connectivity index (χ4n) is 1.61. The van der Waals surface area contributed by atoms with Gasteiger partial charge in [-0.25, -0.2) is 0 Å². The van der Waals surface area contributed by atoms with Crippen molar-refractivity contribution in [1.82, 2.24) is 0 Å². The van der Waals surface area contributed by atoms with Gasteiger partial charge < -0.3 is 4.18 Å². The van der Waals surface area contributed by atoms with Crippen LogP contribution in [0.1, 0.15) is 5.56 Å². The summed E-state index contributed by atoms with van der Waals surface area (Å²) >= 11 is 0. The standard InChI is InChI=1S/C13H10FNO5S/c1-9-5-7-10(8-6-9)21(18,19)20-12-4-2-3-11(14)13(12)15(16)17/h2-8H,1H3. The highest BCUT2D eigenvalue weighted by Gasteiger charge is 2.26. The van der Waals surface area contributed by atoms with E-state index in [4.69, 9.17) is 4.18 Å². The molecular weight excluding hydrogens is 301 g/mol. The van der Waals surface area contributed by atoms with Gasteiger partial charge in [0, 0.05) is 0 Å². The maximum atomic E-state index is 13.4. The lowest BCUT2D eigenvalue weighted by Gasteiger charge is -2.07. The lowest BCUT2D eigenvalue weighted by molar-refractivity contribution is -0.388. The Morgan fingerprint density at radius 3 is 2.33 bits per heavy atom. The number of hydrogen-bond acceptors (Lipinski definition) is 5. The van der Waals surface area contributed by atoms with Crippen molar-refractivity contribution in [3.8, 4) is 5.75 Å². The summed E-state index contributed by atoms with van der Waals surface area (Å²) in [6.45, 7) is 1.77. The molecule has 0 saturated heterocycles. The molecule has 0 N–H and O–H groups in total. The highest BCUT2D eigenvalue weighted by atomic mass is 32.2. The molecule has 2 aromatic carbocycles. The van der Waals surface area contributed by atoms with Gasteiger partial charge in [-0.1, -0.05) is 23.8 Å². The summed E-state index contributed by atoms with van der Waals surface area (Å²) in [5.74, 6) is -1.84. The van der Waals surface area contributed by atoms with Crippen molar-refractivity contribution in [2.75, 3.05) is 0 Å². The van der Waals surface area contributed by atoms with Gasteiger partial charge in [-0.3, -0.25) is 10.1 Å². The molecule has 8 heteroatoms. The fourth-order valence-corrected chi connectivity index (χ4v) is 2.55. The van der Waals surface area contributed by atoms with E-state index >= 15 is 0 Å². The molecule has 0 heterocycles. The van der Waals surface area contributed by atoms with Gasteiger partial charge in [0.25, 0.3) is 0 Å². The maximum Gasteiger partial charge on any atom is 0.347 e. The quantitative estimate of drug-likeness (QED) is 0.492. The minimum absolute atomic E-state index is 0.174. The van der Waals surface area contributed by atoms with Crippen molar-refractivity contribution in [3.05, 3.63) is 64.0 Å². The van der Waals surface area contributed by atoms with Crippen molar-refractivity contribution < 1.29 is 21.9 Å². The zero-order chi connectivity index (χ0) is 15.6. The molecule has 2 rings (SSSR count). The molecule has 0 radical (unpaired) electrons. The van der Waals surface area contributed by atoms with Crippen LogP contribution in [0.5, 0.6) is 5.75 Å². The van der Waals surface area contributed by atoms with Crippen molar-refractivity contribution >= 4 is 15.8 Å². The van der Waals surface area contributed by atoms with Gasteiger partial charge in [-0.15, -0.1) is 0 Å². The molecule has 0 aliphatic heterocycles. The molecule has 0 spiro atoms. The monoisotopic (exact) mass is 311 g/mol. The van der Waals surface area contributed by atoms with Crippen LogP contribution in [0.4, 0.5) is 10.1 Å². The molecule has 0 bridgehead atoms. The first-order chi connectivity index (χ1) is 9.81. The molecule has 0 aliphatic carbocycles. The van der Waals surface area contributed by atoms with Crippen LogP contribution in [0.15, 0.2) is 47.4 Å². The summed E-state index contributed by atoms with van der Waals surface area (Å²) < 4.78 is 42.2. The highest BCUT2D eigenvalue weighted by molar-refractivity contribution is 7.87. The second-order valence-electron chi connectivity index (χ2n) is 4.19. The first-order valence-corrected chi connectivity index (χ1v) is 7.16. The van der Waals surface area contributed by atoms with Crippen LogP contribution < -0.4 is 4.18 Å². The smallest absolute Gasteiger partial charge is 0.347 e. The number of benzene rings is 2. The average Bonchev–Trinajstić information content (AvgIpc) is 2.38. The molecule has 0 saturated carbocycles. The molecule has 0 aliphatic rings. The minimum Gasteiger partial charge on any atom is -0.371 e. The second kappa shape index (κ2) is 5.49. The van der Waals surface area contributed by atoms with E-state index in [9.17, 15) is 22.9 Å². The number of nitro benzene ring substituents is 1. The Kier molecular flexibility index (Phi) is 3.90. The van der Waals surface area contributed by atoms with Gasteiger partial charge in [0.1, 0.15) is 4.90 Å². The predicted octanol–water partition coefficient (Wildman–Crippen LogP) is 2.81. The van der Waals surface area contributed by atoms with E-state index in [1.165, 1.54) is 12.1 Å². The Morgan fingerprint density at radius 2 is 1.76 bits per heavy atom. The molecule has 110 valence electrons. The lowest BCUT2D eigenvalue weighted by atomic mass is 10.2. The first-order valence-electron chi connectivity index (χ1n) is 5.75. The Morgan fingerprint density at radius 1 is 1.14 bits per heavy atom. The number of rotatable bonds is 4. The van der Waals surface area contributed by atoms with Crippen LogP contribution >= 0.6 is 0 Å². The summed E-state index contributed by atoms with van der Waals surface area (Å²) in [6.07, 6.45) is 0. The lowest BCUT2D eigenvalue weighted by Crippen LogP contribution is -2.11. The summed E-state index contributed by atoms with van der Waals surface area (Å²) in [4.78, 5) is 9.59. The summed E-state index contributed by atoms with van der Waals surface area (Å²) in [6, 6.07) is 8.71. The van der Waals surface area contributed by atoms with Crippen molar-refractivity contribution in [2.24, 2.45) is 0 Å². The third-order valence-corrected chi connectivity index (χ3v) is 3.89. The minimum atomic E-state index is -4.27. The molecule has 21 heavy (non-hydrogen) atoms. The van der Waals surface area contributed by atoms with Gasteiger partial charge in [0.15, 0.2) is 0 Å². The Bertz CT molecular complexity index is 787. The van der Waals surface area contributed by atoms with Gasteiger partial charge in [-0.05, 0) is 31.2 Å². The number of nitrogens with zero attached hydrogens (tertiary/aromatic N) is 1. The third-order valence-electron chi connectivity index (χ3n) is 2.64. The van der Waals surface area contributed by atoms with E-state index < -0.39 is 32.3 Å². The number of halogens is 1. The topological polar surface area (TPSA) is 86.5 Å². The van der Waals surface area contributed by atoms with Gasteiger partial charge in [0.05, 0.1) is 4.92 Å². The van der Waals surface area contributed by atoms with E-state index in [0.29, 0.717) is 0 Å².